The molecule has 3 N–H and O–H groups in total. The molecule has 1 aromatic carbocycles. The molecule has 0 radical (unpaired) electrons. The number of ether oxygens (including phenoxy) is 1. The molecular formula is C13H16O5. The molecule has 0 aliphatic rings. The average molecular weight is 252 g/mol. The van der Waals surface area contributed by atoms with Crippen molar-refractivity contribution in [1.29, 1.82) is 0 Å². The molecule has 2 unspecified atom stereocenters. The minimum atomic E-state index is -1.27. The predicted octanol–water partition coefficient (Wildman–Crippen LogP) is 0.818. The highest BCUT2D eigenvalue weighted by Gasteiger charge is 2.16. The number of aliphatic hydroxyl groups is 2. The van der Waals surface area contributed by atoms with E-state index in [0.717, 1.165) is 6.08 Å². The Morgan fingerprint density at radius 2 is 1.94 bits per heavy atom. The minimum absolute atomic E-state index is 0.0266. The third-order valence-electron chi connectivity index (χ3n) is 2.32. The molecule has 2 atom stereocenters. The summed E-state index contributed by atoms with van der Waals surface area (Å²) in [5, 5.41) is 27.8. The van der Waals surface area contributed by atoms with Crippen molar-refractivity contribution in [2.75, 3.05) is 6.61 Å². The number of carboxylic acid groups (broad SMARTS) is 1. The van der Waals surface area contributed by atoms with Crippen molar-refractivity contribution < 1.29 is 24.9 Å². The van der Waals surface area contributed by atoms with E-state index in [9.17, 15) is 15.0 Å². The number of hydrogen-bond donors (Lipinski definition) is 3. The summed E-state index contributed by atoms with van der Waals surface area (Å²) in [6.07, 6.45) is -1.37. The Morgan fingerprint density at radius 1 is 1.33 bits per heavy atom. The van der Waals surface area contributed by atoms with Crippen LogP contribution in [0.2, 0.25) is 0 Å². The van der Waals surface area contributed by atoms with Gasteiger partial charge in [-0.2, -0.15) is 0 Å². The molecule has 5 nitrogen and oxygen atoms in total. The molecule has 0 aliphatic carbocycles. The first-order chi connectivity index (χ1) is 8.50. The lowest BCUT2D eigenvalue weighted by Crippen LogP contribution is -2.30. The van der Waals surface area contributed by atoms with Crippen LogP contribution in [0, 0.1) is 0 Å². The zero-order chi connectivity index (χ0) is 13.5. The molecule has 0 heterocycles. The monoisotopic (exact) mass is 252 g/mol. The van der Waals surface area contributed by atoms with Gasteiger partial charge in [-0.25, -0.2) is 4.79 Å². The van der Waals surface area contributed by atoms with Crippen molar-refractivity contribution in [3.8, 4) is 5.75 Å². The molecule has 1 aromatic rings. The van der Waals surface area contributed by atoms with Crippen LogP contribution in [-0.4, -0.2) is 40.1 Å². The Balaban J connectivity index is 2.48. The van der Waals surface area contributed by atoms with Gasteiger partial charge < -0.3 is 20.1 Å². The summed E-state index contributed by atoms with van der Waals surface area (Å²) in [4.78, 5) is 10.5. The number of carbonyl (C=O) groups is 1. The van der Waals surface area contributed by atoms with Crippen LogP contribution in [-0.2, 0) is 4.79 Å². The molecule has 98 valence electrons. The van der Waals surface area contributed by atoms with Crippen molar-refractivity contribution >= 4 is 5.97 Å². The van der Waals surface area contributed by atoms with Crippen LogP contribution in [0.4, 0.5) is 0 Å². The Morgan fingerprint density at radius 3 is 2.50 bits per heavy atom. The lowest BCUT2D eigenvalue weighted by atomic mass is 10.1. The maximum Gasteiger partial charge on any atom is 0.331 e. The van der Waals surface area contributed by atoms with Crippen LogP contribution < -0.4 is 4.74 Å². The van der Waals surface area contributed by atoms with E-state index in [2.05, 4.69) is 0 Å². The highest BCUT2D eigenvalue weighted by Crippen LogP contribution is 2.10. The van der Waals surface area contributed by atoms with E-state index < -0.39 is 18.2 Å². The standard InChI is InChI=1S/C13H16O5/c1-9(13(16)17)7-11(14)12(15)8-18-10-5-3-2-4-6-10/h2-7,11-12,14-15H,8H2,1H3,(H,16,17). The van der Waals surface area contributed by atoms with E-state index in [1.165, 1.54) is 6.92 Å². The molecular weight excluding hydrogens is 236 g/mol. The SMILES string of the molecule is CC(=CC(O)C(O)COc1ccccc1)C(=O)O. The second-order valence-electron chi connectivity index (χ2n) is 3.84. The fourth-order valence-corrected chi connectivity index (χ4v) is 1.24. The smallest absolute Gasteiger partial charge is 0.331 e. The fourth-order valence-electron chi connectivity index (χ4n) is 1.24. The first kappa shape index (κ1) is 14.2. The highest BCUT2D eigenvalue weighted by atomic mass is 16.5. The number of aliphatic carboxylic acids is 1. The van der Waals surface area contributed by atoms with Gasteiger partial charge in [-0.3, -0.25) is 0 Å². The second kappa shape index (κ2) is 6.78. The van der Waals surface area contributed by atoms with Gasteiger partial charge in [0.05, 0.1) is 0 Å². The zero-order valence-corrected chi connectivity index (χ0v) is 9.98. The third kappa shape index (κ3) is 4.57. The van der Waals surface area contributed by atoms with Crippen LogP contribution >= 0.6 is 0 Å². The van der Waals surface area contributed by atoms with Crippen molar-refractivity contribution in [3.05, 3.63) is 42.0 Å². The maximum atomic E-state index is 10.5. The van der Waals surface area contributed by atoms with Crippen LogP contribution in [0.5, 0.6) is 5.75 Å². The van der Waals surface area contributed by atoms with Crippen molar-refractivity contribution in [3.63, 3.8) is 0 Å². The molecule has 0 aliphatic heterocycles. The van der Waals surface area contributed by atoms with Crippen molar-refractivity contribution in [1.82, 2.24) is 0 Å². The van der Waals surface area contributed by atoms with Crippen LogP contribution in [0.1, 0.15) is 6.92 Å². The van der Waals surface area contributed by atoms with Crippen LogP contribution in [0.15, 0.2) is 42.0 Å². The number of carboxylic acids is 1. The number of aliphatic hydroxyl groups excluding tert-OH is 2. The number of benzene rings is 1. The van der Waals surface area contributed by atoms with Crippen LogP contribution in [0.25, 0.3) is 0 Å². The molecule has 0 spiro atoms. The topological polar surface area (TPSA) is 87.0 Å². The summed E-state index contributed by atoms with van der Waals surface area (Å²) in [6.45, 7) is 1.23. The molecule has 0 amide bonds. The van der Waals surface area contributed by atoms with Gasteiger partial charge in [-0.15, -0.1) is 0 Å². The Bertz CT molecular complexity index is 413. The zero-order valence-electron chi connectivity index (χ0n) is 9.98. The minimum Gasteiger partial charge on any atom is -0.491 e. The highest BCUT2D eigenvalue weighted by molar-refractivity contribution is 5.85. The van der Waals surface area contributed by atoms with Gasteiger partial charge in [0.25, 0.3) is 0 Å². The molecule has 0 saturated carbocycles. The molecule has 0 saturated heterocycles. The summed E-state index contributed by atoms with van der Waals surface area (Å²) in [7, 11) is 0. The Hall–Kier alpha value is -1.85. The molecule has 5 heteroatoms. The third-order valence-corrected chi connectivity index (χ3v) is 2.32. The molecule has 18 heavy (non-hydrogen) atoms. The first-order valence-electron chi connectivity index (χ1n) is 5.46. The summed E-state index contributed by atoms with van der Waals surface area (Å²) in [6, 6.07) is 8.84. The van der Waals surface area contributed by atoms with Gasteiger partial charge >= 0.3 is 5.97 Å². The maximum absolute atomic E-state index is 10.5. The fraction of sp³-hybridized carbons (Fsp3) is 0.308. The predicted molar refractivity (Wildman–Crippen MR) is 65.3 cm³/mol. The lowest BCUT2D eigenvalue weighted by Gasteiger charge is -2.15. The van der Waals surface area contributed by atoms with Gasteiger partial charge in [-0.1, -0.05) is 18.2 Å². The number of para-hydroxylation sites is 1. The lowest BCUT2D eigenvalue weighted by molar-refractivity contribution is -0.132. The van der Waals surface area contributed by atoms with E-state index in [0.29, 0.717) is 5.75 Å². The van der Waals surface area contributed by atoms with E-state index in [1.807, 2.05) is 6.07 Å². The molecule has 0 aromatic heterocycles. The largest absolute Gasteiger partial charge is 0.491 e. The van der Waals surface area contributed by atoms with E-state index in [4.69, 9.17) is 9.84 Å². The summed E-state index contributed by atoms with van der Waals surface area (Å²) >= 11 is 0. The quantitative estimate of drug-likeness (QED) is 0.652. The summed E-state index contributed by atoms with van der Waals surface area (Å²) in [5.74, 6) is -0.562. The van der Waals surface area contributed by atoms with Gasteiger partial charge in [0.2, 0.25) is 0 Å². The molecule has 0 bridgehead atoms. The van der Waals surface area contributed by atoms with Gasteiger partial charge in [-0.05, 0) is 25.1 Å². The van der Waals surface area contributed by atoms with E-state index >= 15 is 0 Å². The van der Waals surface area contributed by atoms with Gasteiger partial charge in [0.15, 0.2) is 0 Å². The first-order valence-corrected chi connectivity index (χ1v) is 5.46. The van der Waals surface area contributed by atoms with E-state index in [-0.39, 0.29) is 12.2 Å². The van der Waals surface area contributed by atoms with Crippen LogP contribution in [0.3, 0.4) is 0 Å². The summed E-state index contributed by atoms with van der Waals surface area (Å²) in [5.41, 5.74) is -0.0266. The number of rotatable bonds is 6. The molecule has 0 fully saturated rings. The Labute approximate surface area is 105 Å². The van der Waals surface area contributed by atoms with Crippen molar-refractivity contribution in [2.45, 2.75) is 19.1 Å². The van der Waals surface area contributed by atoms with E-state index in [1.54, 1.807) is 24.3 Å². The number of hydrogen-bond acceptors (Lipinski definition) is 4. The normalized spacial score (nSPS) is 14.9. The second-order valence-corrected chi connectivity index (χ2v) is 3.84. The van der Waals surface area contributed by atoms with Gasteiger partial charge in [0, 0.05) is 5.57 Å². The Kier molecular flexibility index (Phi) is 5.35. The summed E-state index contributed by atoms with van der Waals surface area (Å²) < 4.78 is 5.24. The average Bonchev–Trinajstić information content (AvgIpc) is 2.36. The molecule has 1 rings (SSSR count). The van der Waals surface area contributed by atoms with Crippen molar-refractivity contribution in [2.24, 2.45) is 0 Å². The van der Waals surface area contributed by atoms with Gasteiger partial charge in [0.1, 0.15) is 24.6 Å².